The van der Waals surface area contributed by atoms with Crippen molar-refractivity contribution in [1.82, 2.24) is 29.6 Å². The molecule has 34 heavy (non-hydrogen) atoms. The third kappa shape index (κ3) is 3.97. The summed E-state index contributed by atoms with van der Waals surface area (Å²) in [5.41, 5.74) is 1.13. The Bertz CT molecular complexity index is 1250. The highest BCUT2D eigenvalue weighted by atomic mass is 19.3. The summed E-state index contributed by atoms with van der Waals surface area (Å²) in [6.45, 7) is 6.85. The van der Waals surface area contributed by atoms with Gasteiger partial charge < -0.3 is 15.1 Å². The Kier molecular flexibility index (Phi) is 5.46. The molecule has 0 bridgehead atoms. The molecule has 5 heterocycles. The summed E-state index contributed by atoms with van der Waals surface area (Å²) >= 11 is 0. The van der Waals surface area contributed by atoms with Gasteiger partial charge in [-0.25, -0.2) is 19.6 Å². The predicted octanol–water partition coefficient (Wildman–Crippen LogP) is 2.98. The number of hydrogen-bond acceptors (Lipinski definition) is 7. The molecule has 3 aromatic heterocycles. The minimum atomic E-state index is -3.19. The van der Waals surface area contributed by atoms with E-state index in [1.54, 1.807) is 23.0 Å². The molecule has 2 atom stereocenters. The lowest BCUT2D eigenvalue weighted by atomic mass is 10.1. The molecule has 0 spiro atoms. The number of pyridine rings is 1. The summed E-state index contributed by atoms with van der Waals surface area (Å²) in [7, 11) is 2.14. The number of carbonyl (C=O) groups excluding carboxylic acids is 1. The first-order chi connectivity index (χ1) is 16.1. The van der Waals surface area contributed by atoms with E-state index in [9.17, 15) is 13.6 Å². The highest BCUT2D eigenvalue weighted by molar-refractivity contribution is 5.95. The quantitative estimate of drug-likeness (QED) is 0.613. The van der Waals surface area contributed by atoms with Crippen LogP contribution in [0.4, 0.5) is 20.4 Å². The Hall–Kier alpha value is -3.21. The van der Waals surface area contributed by atoms with Gasteiger partial charge in [0.25, 0.3) is 0 Å². The molecular weight excluding hydrogens is 442 g/mol. The second-order valence-electron chi connectivity index (χ2n) is 9.29. The van der Waals surface area contributed by atoms with E-state index >= 15 is 0 Å². The number of carbonyl (C=O) groups is 1. The van der Waals surface area contributed by atoms with Crippen molar-refractivity contribution in [2.75, 3.05) is 36.9 Å². The van der Waals surface area contributed by atoms with E-state index in [0.29, 0.717) is 35.4 Å². The number of likely N-dealkylation sites (N-methyl/N-ethyl adjacent to an activating group) is 1. The van der Waals surface area contributed by atoms with Gasteiger partial charge in [-0.1, -0.05) is 6.92 Å². The average Bonchev–Trinajstić information content (AvgIpc) is 3.46. The summed E-state index contributed by atoms with van der Waals surface area (Å²) in [6, 6.07) is 3.84. The van der Waals surface area contributed by atoms with Crippen LogP contribution < -0.4 is 10.2 Å². The molecule has 2 saturated heterocycles. The fourth-order valence-corrected chi connectivity index (χ4v) is 4.97. The smallest absolute Gasteiger partial charge is 0.303 e. The number of anilines is 2. The standard InChI is InChI=1S/C23H28F2N8O/c1-5-15-8-20(29-22(28-15)23(3,24)25)33-17-9-19(27-13(2)34)26-10-16(17)21(30-33)32-11-14-6-7-31(4)18(14)12-32/h8-10,14,18H,5-7,11-12H2,1-4H3,(H,26,27,34)/t14-,18+/m1/s1. The van der Waals surface area contributed by atoms with Crippen molar-refractivity contribution in [1.29, 1.82) is 0 Å². The van der Waals surface area contributed by atoms with Crippen molar-refractivity contribution in [2.45, 2.75) is 45.6 Å². The lowest BCUT2D eigenvalue weighted by Crippen LogP contribution is -2.32. The number of halogens is 2. The monoisotopic (exact) mass is 470 g/mol. The average molecular weight is 471 g/mol. The third-order valence-electron chi connectivity index (χ3n) is 6.71. The van der Waals surface area contributed by atoms with Crippen molar-refractivity contribution in [3.05, 3.63) is 29.8 Å². The van der Waals surface area contributed by atoms with E-state index < -0.39 is 11.7 Å². The minimum absolute atomic E-state index is 0.253. The van der Waals surface area contributed by atoms with Crippen LogP contribution in [0, 0.1) is 5.92 Å². The third-order valence-corrected chi connectivity index (χ3v) is 6.71. The molecule has 1 N–H and O–H groups in total. The normalized spacial score (nSPS) is 20.8. The SMILES string of the molecule is CCc1cc(-n2nc(N3C[C@H]4CCN(C)[C@H]4C3)c3cnc(NC(C)=O)cc32)nc(C(C)(F)F)n1. The van der Waals surface area contributed by atoms with E-state index in [0.717, 1.165) is 44.2 Å². The maximum absolute atomic E-state index is 14.2. The molecule has 2 aliphatic heterocycles. The van der Waals surface area contributed by atoms with Crippen LogP contribution in [-0.4, -0.2) is 68.3 Å². The van der Waals surface area contributed by atoms with E-state index in [4.69, 9.17) is 5.10 Å². The fourth-order valence-electron chi connectivity index (χ4n) is 4.97. The fraction of sp³-hybridized carbons (Fsp3) is 0.522. The lowest BCUT2D eigenvalue weighted by molar-refractivity contribution is -0.114. The van der Waals surface area contributed by atoms with Crippen molar-refractivity contribution >= 4 is 28.4 Å². The second kappa shape index (κ2) is 8.23. The highest BCUT2D eigenvalue weighted by Gasteiger charge is 2.41. The minimum Gasteiger partial charge on any atom is -0.353 e. The molecule has 2 aliphatic rings. The Labute approximate surface area is 196 Å². The van der Waals surface area contributed by atoms with Crippen LogP contribution in [-0.2, 0) is 17.1 Å². The number of nitrogens with one attached hydrogen (secondary N) is 1. The highest BCUT2D eigenvalue weighted by Crippen LogP contribution is 2.37. The van der Waals surface area contributed by atoms with E-state index in [1.165, 1.54) is 6.92 Å². The molecule has 5 rings (SSSR count). The zero-order valence-corrected chi connectivity index (χ0v) is 19.7. The number of amides is 1. The zero-order chi connectivity index (χ0) is 24.2. The summed E-state index contributed by atoms with van der Waals surface area (Å²) < 4.78 is 29.9. The number of hydrogen-bond donors (Lipinski definition) is 1. The topological polar surface area (TPSA) is 92.1 Å². The van der Waals surface area contributed by atoms with Gasteiger partial charge in [0.05, 0.1) is 10.9 Å². The number of fused-ring (bicyclic) bond motifs is 2. The van der Waals surface area contributed by atoms with Gasteiger partial charge in [-0.05, 0) is 32.4 Å². The van der Waals surface area contributed by atoms with Gasteiger partial charge in [0.15, 0.2) is 11.6 Å². The molecule has 0 unspecified atom stereocenters. The summed E-state index contributed by atoms with van der Waals surface area (Å²) in [4.78, 5) is 28.8. The van der Waals surface area contributed by atoms with Crippen LogP contribution in [0.1, 0.15) is 38.7 Å². The first-order valence-corrected chi connectivity index (χ1v) is 11.5. The Morgan fingerprint density at radius 1 is 1.26 bits per heavy atom. The van der Waals surface area contributed by atoms with Crippen LogP contribution in [0.25, 0.3) is 16.7 Å². The Morgan fingerprint density at radius 2 is 2.06 bits per heavy atom. The number of alkyl halides is 2. The second-order valence-corrected chi connectivity index (χ2v) is 9.29. The van der Waals surface area contributed by atoms with Crippen LogP contribution in [0.2, 0.25) is 0 Å². The summed E-state index contributed by atoms with van der Waals surface area (Å²) in [5.74, 6) is -2.06. The first-order valence-electron chi connectivity index (χ1n) is 11.5. The van der Waals surface area contributed by atoms with Gasteiger partial charge in [-0.15, -0.1) is 5.10 Å². The van der Waals surface area contributed by atoms with Crippen molar-refractivity contribution in [2.24, 2.45) is 5.92 Å². The Morgan fingerprint density at radius 3 is 2.74 bits per heavy atom. The largest absolute Gasteiger partial charge is 0.353 e. The van der Waals surface area contributed by atoms with Crippen LogP contribution in [0.5, 0.6) is 0 Å². The number of aryl methyl sites for hydroxylation is 1. The van der Waals surface area contributed by atoms with E-state index in [2.05, 4.69) is 37.1 Å². The van der Waals surface area contributed by atoms with Crippen LogP contribution in [0.15, 0.2) is 18.3 Å². The molecule has 0 radical (unpaired) electrons. The molecule has 1 amide bonds. The van der Waals surface area contributed by atoms with Crippen LogP contribution >= 0.6 is 0 Å². The molecule has 0 saturated carbocycles. The summed E-state index contributed by atoms with van der Waals surface area (Å²) in [5, 5.41) is 8.31. The predicted molar refractivity (Wildman–Crippen MR) is 124 cm³/mol. The molecule has 0 aliphatic carbocycles. The molecule has 11 heteroatoms. The van der Waals surface area contributed by atoms with Gasteiger partial charge in [-0.2, -0.15) is 8.78 Å². The lowest BCUT2D eigenvalue weighted by Gasteiger charge is -2.20. The molecule has 180 valence electrons. The summed E-state index contributed by atoms with van der Waals surface area (Å²) in [6.07, 6.45) is 3.29. The molecule has 9 nitrogen and oxygen atoms in total. The zero-order valence-electron chi connectivity index (χ0n) is 19.7. The molecule has 0 aromatic carbocycles. The van der Waals surface area contributed by atoms with Gasteiger partial charge in [-0.3, -0.25) is 4.79 Å². The number of aromatic nitrogens is 5. The van der Waals surface area contributed by atoms with Gasteiger partial charge in [0.1, 0.15) is 5.82 Å². The molecular formula is C23H28F2N8O. The number of likely N-dealkylation sites (tertiary alicyclic amines) is 1. The van der Waals surface area contributed by atoms with E-state index in [-0.39, 0.29) is 11.7 Å². The molecule has 3 aromatic rings. The maximum Gasteiger partial charge on any atom is 0.303 e. The van der Waals surface area contributed by atoms with Crippen molar-refractivity contribution in [3.63, 3.8) is 0 Å². The first kappa shape index (κ1) is 22.6. The van der Waals surface area contributed by atoms with E-state index in [1.807, 2.05) is 6.92 Å². The number of nitrogens with zero attached hydrogens (tertiary/aromatic N) is 7. The van der Waals surface area contributed by atoms with Crippen molar-refractivity contribution in [3.8, 4) is 5.82 Å². The Balaban J connectivity index is 1.66. The number of rotatable bonds is 5. The maximum atomic E-state index is 14.2. The van der Waals surface area contributed by atoms with Gasteiger partial charge in [0.2, 0.25) is 11.7 Å². The van der Waals surface area contributed by atoms with Gasteiger partial charge in [0, 0.05) is 57.0 Å². The van der Waals surface area contributed by atoms with Crippen molar-refractivity contribution < 1.29 is 13.6 Å². The molecule has 2 fully saturated rings. The van der Waals surface area contributed by atoms with Crippen LogP contribution in [0.3, 0.4) is 0 Å². The van der Waals surface area contributed by atoms with Gasteiger partial charge >= 0.3 is 5.92 Å².